The second-order valence-corrected chi connectivity index (χ2v) is 6.16. The van der Waals surface area contributed by atoms with Crippen LogP contribution in [0.3, 0.4) is 0 Å². The highest BCUT2D eigenvalue weighted by Gasteiger charge is 2.22. The summed E-state index contributed by atoms with van der Waals surface area (Å²) in [6.45, 7) is 0.942. The number of rotatable bonds is 8. The number of hydrogen-bond donors (Lipinski definition) is 0. The van der Waals surface area contributed by atoms with Gasteiger partial charge in [0, 0.05) is 25.3 Å². The average Bonchev–Trinajstić information content (AvgIpc) is 3.08. The van der Waals surface area contributed by atoms with Gasteiger partial charge in [0.2, 0.25) is 5.89 Å². The molecule has 0 atom stereocenters. The number of methoxy groups -OCH3 is 2. The summed E-state index contributed by atoms with van der Waals surface area (Å²) in [5.41, 5.74) is 0.351. The van der Waals surface area contributed by atoms with Crippen LogP contribution in [-0.2, 0) is 16.0 Å². The van der Waals surface area contributed by atoms with E-state index in [9.17, 15) is 9.59 Å². The van der Waals surface area contributed by atoms with Crippen LogP contribution >= 0.6 is 23.2 Å². The molecule has 0 bridgehead atoms. The molecule has 1 amide bonds. The molecule has 1 heterocycles. The Bertz CT molecular complexity index is 778. The van der Waals surface area contributed by atoms with Crippen LogP contribution in [0.1, 0.15) is 33.2 Å². The van der Waals surface area contributed by atoms with E-state index in [1.165, 1.54) is 24.3 Å². The first kappa shape index (κ1) is 20.2. The first-order valence-electron chi connectivity index (χ1n) is 7.72. The standard InChI is InChI=1S/C17H18Cl2N2O5/c1-24-7-3-6-21(9-15-20-14(10-26-15)17(23)25-2)16(22)12-5-4-11(18)8-13(12)19/h4-5,8,10H,3,6-7,9H2,1-2H3. The van der Waals surface area contributed by atoms with Crippen LogP contribution in [0, 0.1) is 0 Å². The van der Waals surface area contributed by atoms with E-state index in [1.807, 2.05) is 0 Å². The maximum atomic E-state index is 12.9. The Labute approximate surface area is 160 Å². The molecule has 0 aliphatic carbocycles. The van der Waals surface area contributed by atoms with Gasteiger partial charge in [-0.15, -0.1) is 0 Å². The monoisotopic (exact) mass is 400 g/mol. The normalized spacial score (nSPS) is 10.6. The summed E-state index contributed by atoms with van der Waals surface area (Å²) < 4.78 is 14.9. The van der Waals surface area contributed by atoms with Gasteiger partial charge in [0.1, 0.15) is 6.26 Å². The first-order valence-corrected chi connectivity index (χ1v) is 8.47. The average molecular weight is 401 g/mol. The summed E-state index contributed by atoms with van der Waals surface area (Å²) in [5, 5.41) is 0.690. The number of carbonyl (C=O) groups is 2. The van der Waals surface area contributed by atoms with Gasteiger partial charge < -0.3 is 18.8 Å². The molecule has 0 unspecified atom stereocenters. The number of esters is 1. The minimum absolute atomic E-state index is 0.0383. The zero-order chi connectivity index (χ0) is 19.1. The lowest BCUT2D eigenvalue weighted by atomic mass is 10.2. The summed E-state index contributed by atoms with van der Waals surface area (Å²) in [5.74, 6) is -0.708. The summed E-state index contributed by atoms with van der Waals surface area (Å²) in [6.07, 6.45) is 1.80. The van der Waals surface area contributed by atoms with E-state index in [4.69, 9.17) is 32.4 Å². The van der Waals surface area contributed by atoms with Crippen molar-refractivity contribution in [3.63, 3.8) is 0 Å². The van der Waals surface area contributed by atoms with Gasteiger partial charge in [0.25, 0.3) is 5.91 Å². The maximum absolute atomic E-state index is 12.9. The van der Waals surface area contributed by atoms with E-state index in [0.717, 1.165) is 0 Å². The number of oxazole rings is 1. The number of hydrogen-bond acceptors (Lipinski definition) is 6. The Hall–Kier alpha value is -2.09. The molecule has 0 aliphatic rings. The van der Waals surface area contributed by atoms with Crippen LogP contribution in [0.2, 0.25) is 10.0 Å². The van der Waals surface area contributed by atoms with Crippen molar-refractivity contribution in [3.8, 4) is 0 Å². The van der Waals surface area contributed by atoms with Gasteiger partial charge in [-0.2, -0.15) is 0 Å². The van der Waals surface area contributed by atoms with Crippen molar-refractivity contribution in [3.05, 3.63) is 51.7 Å². The number of amides is 1. The molecule has 9 heteroatoms. The van der Waals surface area contributed by atoms with Gasteiger partial charge in [-0.25, -0.2) is 9.78 Å². The van der Waals surface area contributed by atoms with Crippen LogP contribution in [0.15, 0.2) is 28.9 Å². The van der Waals surface area contributed by atoms with Crippen LogP contribution < -0.4 is 0 Å². The van der Waals surface area contributed by atoms with Crippen molar-refractivity contribution in [2.24, 2.45) is 0 Å². The molecule has 2 aromatic rings. The third-order valence-electron chi connectivity index (χ3n) is 3.50. The van der Waals surface area contributed by atoms with Crippen LogP contribution in [0.4, 0.5) is 0 Å². The quantitative estimate of drug-likeness (QED) is 0.498. The van der Waals surface area contributed by atoms with Crippen LogP contribution in [0.5, 0.6) is 0 Å². The lowest BCUT2D eigenvalue weighted by Gasteiger charge is -2.21. The fourth-order valence-electron chi connectivity index (χ4n) is 2.23. The zero-order valence-electron chi connectivity index (χ0n) is 14.3. The Morgan fingerprint density at radius 1 is 1.27 bits per heavy atom. The van der Waals surface area contributed by atoms with Gasteiger partial charge in [-0.1, -0.05) is 23.2 Å². The van der Waals surface area contributed by atoms with Crippen molar-refractivity contribution >= 4 is 35.1 Å². The van der Waals surface area contributed by atoms with E-state index in [0.29, 0.717) is 30.2 Å². The van der Waals surface area contributed by atoms with Crippen LogP contribution in [-0.4, -0.2) is 49.1 Å². The Morgan fingerprint density at radius 3 is 2.69 bits per heavy atom. The van der Waals surface area contributed by atoms with Gasteiger partial charge in [-0.05, 0) is 24.6 Å². The predicted octanol–water partition coefficient (Wildman–Crippen LogP) is 3.45. The van der Waals surface area contributed by atoms with Crippen molar-refractivity contribution in [2.45, 2.75) is 13.0 Å². The Morgan fingerprint density at radius 2 is 2.04 bits per heavy atom. The summed E-state index contributed by atoms with van der Waals surface area (Å²) in [6, 6.07) is 4.66. The van der Waals surface area contributed by atoms with E-state index in [1.54, 1.807) is 19.2 Å². The number of carbonyl (C=O) groups excluding carboxylic acids is 2. The summed E-state index contributed by atoms with van der Waals surface area (Å²) in [7, 11) is 2.83. The zero-order valence-corrected chi connectivity index (χ0v) is 15.8. The van der Waals surface area contributed by atoms with Gasteiger partial charge in [0.15, 0.2) is 5.69 Å². The fraction of sp³-hybridized carbons (Fsp3) is 0.353. The molecule has 26 heavy (non-hydrogen) atoms. The predicted molar refractivity (Wildman–Crippen MR) is 95.5 cm³/mol. The molecule has 0 fully saturated rings. The van der Waals surface area contributed by atoms with E-state index >= 15 is 0 Å². The minimum Gasteiger partial charge on any atom is -0.464 e. The molecule has 140 valence electrons. The first-order chi connectivity index (χ1) is 12.5. The highest BCUT2D eigenvalue weighted by atomic mass is 35.5. The number of halogens is 2. The molecule has 0 saturated heterocycles. The smallest absolute Gasteiger partial charge is 0.360 e. The fourth-order valence-corrected chi connectivity index (χ4v) is 2.72. The molecular formula is C17H18Cl2N2O5. The van der Waals surface area contributed by atoms with Crippen molar-refractivity contribution in [2.75, 3.05) is 27.4 Å². The minimum atomic E-state index is -0.613. The van der Waals surface area contributed by atoms with Crippen molar-refractivity contribution < 1.29 is 23.5 Å². The number of nitrogens with zero attached hydrogens (tertiary/aromatic N) is 2. The third kappa shape index (κ3) is 5.20. The number of benzene rings is 1. The second kappa shape index (κ2) is 9.56. The molecule has 7 nitrogen and oxygen atoms in total. The van der Waals surface area contributed by atoms with Crippen molar-refractivity contribution in [1.82, 2.24) is 9.88 Å². The summed E-state index contributed by atoms with van der Waals surface area (Å²) in [4.78, 5) is 29.9. The number of ether oxygens (including phenoxy) is 2. The SMILES string of the molecule is COCCCN(Cc1nc(C(=O)OC)co1)C(=O)c1ccc(Cl)cc1Cl. The molecule has 0 spiro atoms. The molecule has 0 saturated carbocycles. The van der Waals surface area contributed by atoms with Crippen LogP contribution in [0.25, 0.3) is 0 Å². The molecule has 2 rings (SSSR count). The lowest BCUT2D eigenvalue weighted by molar-refractivity contribution is 0.0594. The largest absolute Gasteiger partial charge is 0.464 e. The Balaban J connectivity index is 2.20. The van der Waals surface area contributed by atoms with Gasteiger partial charge >= 0.3 is 5.97 Å². The lowest BCUT2D eigenvalue weighted by Crippen LogP contribution is -2.32. The molecule has 0 radical (unpaired) electrons. The molecule has 1 aromatic carbocycles. The molecule has 0 aliphatic heterocycles. The topological polar surface area (TPSA) is 81.9 Å². The highest BCUT2D eigenvalue weighted by molar-refractivity contribution is 6.36. The maximum Gasteiger partial charge on any atom is 0.360 e. The van der Waals surface area contributed by atoms with Gasteiger partial charge in [0.05, 0.1) is 24.2 Å². The molecule has 0 N–H and O–H groups in total. The van der Waals surface area contributed by atoms with Crippen molar-refractivity contribution in [1.29, 1.82) is 0 Å². The molecule has 1 aromatic heterocycles. The Kier molecular flexibility index (Phi) is 7.44. The molecular weight excluding hydrogens is 383 g/mol. The third-order valence-corrected chi connectivity index (χ3v) is 4.05. The van der Waals surface area contributed by atoms with E-state index < -0.39 is 5.97 Å². The second-order valence-electron chi connectivity index (χ2n) is 5.32. The van der Waals surface area contributed by atoms with E-state index in [2.05, 4.69) is 9.72 Å². The summed E-state index contributed by atoms with van der Waals surface area (Å²) >= 11 is 12.0. The highest BCUT2D eigenvalue weighted by Crippen LogP contribution is 2.23. The number of aromatic nitrogens is 1. The van der Waals surface area contributed by atoms with E-state index in [-0.39, 0.29) is 29.1 Å². The van der Waals surface area contributed by atoms with Gasteiger partial charge in [-0.3, -0.25) is 4.79 Å².